The van der Waals surface area contributed by atoms with Crippen LogP contribution in [0.2, 0.25) is 0 Å². The molecule has 5 heteroatoms. The molecule has 4 rings (SSSR count). The number of hydrogen-bond acceptors (Lipinski definition) is 3. The van der Waals surface area contributed by atoms with Crippen molar-refractivity contribution in [3.05, 3.63) is 59.8 Å². The fourth-order valence-corrected chi connectivity index (χ4v) is 3.23. The summed E-state index contributed by atoms with van der Waals surface area (Å²) in [7, 11) is 0. The average molecular weight is 321 g/mol. The standard InChI is InChI=1S/C19H20N4O/c20-19(24)17-5-1-3-15-12-23(22-18(15)17)16-8-6-13(7-9-16)14-4-2-10-21-11-14/h1,3,5-9,12,14,21H,2,4,10-11H2,(H2,20,24)/t14-/m1/s1/i14D. The Kier molecular flexibility index (Phi) is 3.49. The minimum absolute atomic E-state index is 0.422. The zero-order valence-corrected chi connectivity index (χ0v) is 13.3. The summed E-state index contributed by atoms with van der Waals surface area (Å²) >= 11 is 0. The van der Waals surface area contributed by atoms with Gasteiger partial charge in [-0.25, -0.2) is 4.68 Å². The third-order valence-corrected chi connectivity index (χ3v) is 4.51. The summed E-state index contributed by atoms with van der Waals surface area (Å²) in [5, 5.41) is 8.70. The molecule has 0 radical (unpaired) electrons. The molecule has 0 aliphatic carbocycles. The van der Waals surface area contributed by atoms with Gasteiger partial charge in [-0.2, -0.15) is 5.10 Å². The molecular weight excluding hydrogens is 300 g/mol. The number of hydrogen-bond donors (Lipinski definition) is 2. The molecule has 24 heavy (non-hydrogen) atoms. The number of piperidine rings is 1. The lowest BCUT2D eigenvalue weighted by molar-refractivity contribution is 0.100. The fraction of sp³-hybridized carbons (Fsp3) is 0.263. The molecule has 0 bridgehead atoms. The number of nitrogens with one attached hydrogen (secondary N) is 1. The predicted octanol–water partition coefficient (Wildman–Crippen LogP) is 2.59. The lowest BCUT2D eigenvalue weighted by atomic mass is 9.92. The van der Waals surface area contributed by atoms with Crippen LogP contribution < -0.4 is 11.1 Å². The topological polar surface area (TPSA) is 72.9 Å². The van der Waals surface area contributed by atoms with Gasteiger partial charge in [0.15, 0.2) is 0 Å². The molecule has 1 fully saturated rings. The molecule has 122 valence electrons. The molecule has 2 heterocycles. The van der Waals surface area contributed by atoms with Gasteiger partial charge in [-0.1, -0.05) is 24.3 Å². The molecule has 1 aromatic heterocycles. The summed E-state index contributed by atoms with van der Waals surface area (Å²) in [6.07, 6.45) is 3.77. The van der Waals surface area contributed by atoms with Gasteiger partial charge < -0.3 is 11.1 Å². The van der Waals surface area contributed by atoms with Crippen molar-refractivity contribution in [3.8, 4) is 5.69 Å². The first kappa shape index (κ1) is 13.7. The molecule has 1 amide bonds. The number of aromatic nitrogens is 2. The van der Waals surface area contributed by atoms with Crippen LogP contribution in [0, 0.1) is 0 Å². The van der Waals surface area contributed by atoms with Crippen LogP contribution in [0.15, 0.2) is 48.7 Å². The van der Waals surface area contributed by atoms with Crippen LogP contribution in [0.25, 0.3) is 16.6 Å². The van der Waals surface area contributed by atoms with Gasteiger partial charge in [0.2, 0.25) is 0 Å². The Morgan fingerprint density at radius 3 is 2.83 bits per heavy atom. The number of nitrogens with two attached hydrogens (primary N) is 1. The first-order chi connectivity index (χ1) is 12.1. The predicted molar refractivity (Wildman–Crippen MR) is 94.4 cm³/mol. The summed E-state index contributed by atoms with van der Waals surface area (Å²) in [4.78, 5) is 11.6. The van der Waals surface area contributed by atoms with Crippen molar-refractivity contribution in [2.24, 2.45) is 5.73 Å². The molecule has 3 N–H and O–H groups in total. The highest BCUT2D eigenvalue weighted by molar-refractivity contribution is 6.04. The Morgan fingerprint density at radius 2 is 2.12 bits per heavy atom. The molecule has 0 spiro atoms. The normalized spacial score (nSPS) is 21.6. The van der Waals surface area contributed by atoms with Crippen molar-refractivity contribution >= 4 is 16.8 Å². The van der Waals surface area contributed by atoms with Crippen molar-refractivity contribution in [3.63, 3.8) is 0 Å². The Labute approximate surface area is 141 Å². The summed E-state index contributed by atoms with van der Waals surface area (Å²) in [6.45, 7) is 1.67. The van der Waals surface area contributed by atoms with Crippen molar-refractivity contribution in [1.82, 2.24) is 15.1 Å². The van der Waals surface area contributed by atoms with E-state index >= 15 is 0 Å². The van der Waals surface area contributed by atoms with Crippen molar-refractivity contribution in [2.45, 2.75) is 18.7 Å². The Hall–Kier alpha value is -2.66. The quantitative estimate of drug-likeness (QED) is 0.779. The van der Waals surface area contributed by atoms with E-state index in [0.29, 0.717) is 17.6 Å². The van der Waals surface area contributed by atoms with E-state index in [1.807, 2.05) is 36.5 Å². The second-order valence-electron chi connectivity index (χ2n) is 6.11. The van der Waals surface area contributed by atoms with Crippen LogP contribution in [-0.2, 0) is 0 Å². The van der Waals surface area contributed by atoms with Gasteiger partial charge in [0.05, 0.1) is 11.3 Å². The van der Waals surface area contributed by atoms with Crippen LogP contribution in [0.3, 0.4) is 0 Å². The van der Waals surface area contributed by atoms with Gasteiger partial charge >= 0.3 is 0 Å². The minimum Gasteiger partial charge on any atom is -0.366 e. The Balaban J connectivity index is 1.69. The van der Waals surface area contributed by atoms with Crippen LogP contribution >= 0.6 is 0 Å². The molecular formula is C19H20N4O. The lowest BCUT2D eigenvalue weighted by Gasteiger charge is -2.23. The van der Waals surface area contributed by atoms with E-state index in [9.17, 15) is 4.79 Å². The van der Waals surface area contributed by atoms with Gasteiger partial charge in [0.1, 0.15) is 5.52 Å². The van der Waals surface area contributed by atoms with Crippen LogP contribution in [0.1, 0.15) is 36.0 Å². The summed E-state index contributed by atoms with van der Waals surface area (Å²) in [5.41, 5.74) is 8.36. The van der Waals surface area contributed by atoms with Crippen molar-refractivity contribution in [1.29, 1.82) is 0 Å². The second-order valence-corrected chi connectivity index (χ2v) is 6.11. The van der Waals surface area contributed by atoms with E-state index in [-0.39, 0.29) is 0 Å². The van der Waals surface area contributed by atoms with E-state index in [2.05, 4.69) is 10.4 Å². The number of rotatable bonds is 3. The fourth-order valence-electron chi connectivity index (χ4n) is 3.23. The smallest absolute Gasteiger partial charge is 0.250 e. The monoisotopic (exact) mass is 321 g/mol. The molecule has 0 unspecified atom stereocenters. The van der Waals surface area contributed by atoms with Crippen LogP contribution in [0.5, 0.6) is 0 Å². The number of carbonyl (C=O) groups is 1. The SMILES string of the molecule is [2H][C@@]1(c2ccc(-n3cc4cccc(C(N)=O)c4n3)cc2)CCCNC1. The van der Waals surface area contributed by atoms with Gasteiger partial charge in [-0.15, -0.1) is 0 Å². The van der Waals surface area contributed by atoms with Gasteiger partial charge in [0, 0.05) is 19.5 Å². The summed E-state index contributed by atoms with van der Waals surface area (Å²) < 4.78 is 10.4. The van der Waals surface area contributed by atoms with E-state index in [1.165, 1.54) is 0 Å². The van der Waals surface area contributed by atoms with E-state index < -0.39 is 11.8 Å². The number of benzene rings is 2. The van der Waals surface area contributed by atoms with Crippen molar-refractivity contribution < 1.29 is 6.17 Å². The number of primary amides is 1. The average Bonchev–Trinajstić information content (AvgIpc) is 3.06. The maximum Gasteiger partial charge on any atom is 0.250 e. The molecule has 0 saturated carbocycles. The number of fused-ring (bicyclic) bond motifs is 1. The van der Waals surface area contributed by atoms with Crippen molar-refractivity contribution in [2.75, 3.05) is 13.1 Å². The van der Waals surface area contributed by atoms with E-state index in [1.54, 1.807) is 16.8 Å². The largest absolute Gasteiger partial charge is 0.366 e. The second kappa shape index (κ2) is 6.09. The third kappa shape index (κ3) is 2.67. The molecule has 2 aromatic carbocycles. The maximum absolute atomic E-state index is 11.6. The zero-order chi connectivity index (χ0) is 17.4. The third-order valence-electron chi connectivity index (χ3n) is 4.51. The van der Waals surface area contributed by atoms with Gasteiger partial charge in [-0.3, -0.25) is 4.79 Å². The molecule has 1 aliphatic rings. The zero-order valence-electron chi connectivity index (χ0n) is 14.3. The van der Waals surface area contributed by atoms with Gasteiger partial charge in [0.25, 0.3) is 5.91 Å². The summed E-state index contributed by atoms with van der Waals surface area (Å²) in [6, 6.07) is 13.3. The first-order valence-electron chi connectivity index (χ1n) is 8.67. The van der Waals surface area contributed by atoms with Crippen LogP contribution in [0.4, 0.5) is 0 Å². The number of carbonyl (C=O) groups excluding carboxylic acids is 1. The molecule has 1 atom stereocenters. The first-order valence-corrected chi connectivity index (χ1v) is 8.17. The number of nitrogens with zero attached hydrogens (tertiary/aromatic N) is 2. The highest BCUT2D eigenvalue weighted by atomic mass is 16.1. The number of amides is 1. The lowest BCUT2D eigenvalue weighted by Crippen LogP contribution is -2.28. The minimum atomic E-state index is -0.565. The Morgan fingerprint density at radius 1 is 1.29 bits per heavy atom. The molecule has 3 aromatic rings. The highest BCUT2D eigenvalue weighted by Crippen LogP contribution is 2.25. The highest BCUT2D eigenvalue weighted by Gasteiger charge is 2.15. The summed E-state index contributed by atoms with van der Waals surface area (Å²) in [5.74, 6) is -1.04. The Bertz CT molecular complexity index is 926. The van der Waals surface area contributed by atoms with Gasteiger partial charge in [-0.05, 0) is 49.0 Å². The van der Waals surface area contributed by atoms with E-state index in [4.69, 9.17) is 7.10 Å². The van der Waals surface area contributed by atoms with Crippen LogP contribution in [-0.4, -0.2) is 28.8 Å². The molecule has 1 aliphatic heterocycles. The maximum atomic E-state index is 11.6. The molecule has 5 nitrogen and oxygen atoms in total. The molecule has 1 saturated heterocycles. The van der Waals surface area contributed by atoms with E-state index in [0.717, 1.165) is 36.0 Å².